The van der Waals surface area contributed by atoms with Crippen molar-refractivity contribution in [3.63, 3.8) is 0 Å². The van der Waals surface area contributed by atoms with Crippen molar-refractivity contribution in [2.75, 3.05) is 0 Å². The van der Waals surface area contributed by atoms with Crippen molar-refractivity contribution in [2.24, 2.45) is 0 Å². The smallest absolute Gasteiger partial charge is 1.00 e. The molecule has 0 aromatic rings. The summed E-state index contributed by atoms with van der Waals surface area (Å²) in [7, 11) is -2.25. The molecule has 0 amide bonds. The fraction of sp³-hybridized carbons (Fsp3) is 0.556. The summed E-state index contributed by atoms with van der Waals surface area (Å²) in [5.74, 6) is -0.530. The van der Waals surface area contributed by atoms with Crippen molar-refractivity contribution >= 4 is 22.1 Å². The predicted octanol–water partition coefficient (Wildman–Crippen LogP) is 6.00. The molecule has 0 aliphatic heterocycles. The van der Waals surface area contributed by atoms with Gasteiger partial charge in [0.15, 0.2) is 0 Å². The van der Waals surface area contributed by atoms with Gasteiger partial charge in [-0.1, -0.05) is 0 Å². The van der Waals surface area contributed by atoms with Crippen LogP contribution in [0.1, 0.15) is 15.7 Å². The van der Waals surface area contributed by atoms with Gasteiger partial charge < -0.3 is 2.85 Å². The van der Waals surface area contributed by atoms with E-state index in [9.17, 15) is 0 Å². The van der Waals surface area contributed by atoms with Crippen molar-refractivity contribution in [3.05, 3.63) is 41.3 Å². The Bertz CT molecular complexity index is 528. The molecule has 0 saturated heterocycles. The van der Waals surface area contributed by atoms with Crippen LogP contribution in [0.15, 0.2) is 41.3 Å². The summed E-state index contributed by atoms with van der Waals surface area (Å²) in [4.78, 5) is 0. The maximum atomic E-state index is 2.68. The molecule has 0 unspecified atom stereocenters. The minimum Gasteiger partial charge on any atom is -1.00 e. The van der Waals surface area contributed by atoms with Gasteiger partial charge in [-0.2, -0.15) is 0 Å². The van der Waals surface area contributed by atoms with Gasteiger partial charge in [0.2, 0.25) is 0 Å². The van der Waals surface area contributed by atoms with Crippen LogP contribution in [0.3, 0.4) is 0 Å². The molecule has 2 aliphatic carbocycles. The Kier molecular flexibility index (Phi) is 5.80. The number of rotatable bonds is 5. The summed E-state index contributed by atoms with van der Waals surface area (Å²) >= 11 is -1.50. The molecule has 0 nitrogen and oxygen atoms in total. The van der Waals surface area contributed by atoms with Gasteiger partial charge >= 0.3 is 149 Å². The quantitative estimate of drug-likeness (QED) is 0.473. The van der Waals surface area contributed by atoms with Crippen LogP contribution in [0.2, 0.25) is 52.4 Å². The van der Waals surface area contributed by atoms with Crippen molar-refractivity contribution < 1.29 is 23.8 Å². The van der Waals surface area contributed by atoms with Crippen molar-refractivity contribution in [1.82, 2.24) is 0 Å². The summed E-state index contributed by atoms with van der Waals surface area (Å²) in [5, 5.41) is 3.46. The number of hydrogen-bond acceptors (Lipinski definition) is 0. The first-order valence-corrected chi connectivity index (χ1v) is 25.3. The average Bonchev–Trinajstić information content (AvgIpc) is 2.95. The van der Waals surface area contributed by atoms with Crippen LogP contribution in [0.25, 0.3) is 0 Å². The van der Waals surface area contributed by atoms with E-state index in [1.165, 1.54) is 12.8 Å². The van der Waals surface area contributed by atoms with E-state index in [-0.39, 0.29) is 2.85 Å². The van der Waals surface area contributed by atoms with E-state index in [4.69, 9.17) is 0 Å². The largest absolute Gasteiger partial charge is 1.00 e. The molecule has 0 N–H and O–H groups in total. The van der Waals surface area contributed by atoms with E-state index < -0.39 is 43.0 Å². The Morgan fingerprint density at radius 1 is 0.818 bits per heavy atom. The van der Waals surface area contributed by atoms with Crippen LogP contribution >= 0.6 is 0 Å². The Labute approximate surface area is 151 Å². The second-order valence-corrected chi connectivity index (χ2v) is 38.7. The zero-order valence-electron chi connectivity index (χ0n) is 17.8. The molecule has 0 atom stereocenters. The molecule has 0 aromatic heterocycles. The molecule has 0 spiro atoms. The molecule has 123 valence electrons. The molecule has 0 saturated carbocycles. The monoisotopic (exact) mass is 425 g/mol. The van der Waals surface area contributed by atoms with E-state index in [2.05, 4.69) is 76.7 Å². The second-order valence-electron chi connectivity index (χ2n) is 9.13. The predicted molar refractivity (Wildman–Crippen MR) is 109 cm³/mol. The van der Waals surface area contributed by atoms with Crippen molar-refractivity contribution in [1.29, 1.82) is 0 Å². The molecule has 22 heavy (non-hydrogen) atoms. The van der Waals surface area contributed by atoms with Crippen LogP contribution in [-0.2, 0) is 20.9 Å². The maximum absolute atomic E-state index is 2.68. The van der Waals surface area contributed by atoms with Gasteiger partial charge in [0, 0.05) is 0 Å². The van der Waals surface area contributed by atoms with E-state index in [0.717, 1.165) is 0 Å². The van der Waals surface area contributed by atoms with E-state index in [1.807, 2.05) is 6.56 Å². The molecular formula is C18H35Si3Zr. The third-order valence-electron chi connectivity index (χ3n) is 4.74. The summed E-state index contributed by atoms with van der Waals surface area (Å²) in [5.41, 5.74) is 0. The van der Waals surface area contributed by atoms with E-state index in [0.29, 0.717) is 0 Å². The second kappa shape index (κ2) is 6.78. The van der Waals surface area contributed by atoms with E-state index >= 15 is 0 Å². The molecule has 2 rings (SSSR count). The Balaban J connectivity index is 0.00000264. The summed E-state index contributed by atoms with van der Waals surface area (Å²) < 4.78 is 3.86. The minimum atomic E-state index is -1.50. The van der Waals surface area contributed by atoms with Gasteiger partial charge in [-0.15, -0.1) is 0 Å². The van der Waals surface area contributed by atoms with Crippen LogP contribution in [-0.4, -0.2) is 22.1 Å². The average molecular weight is 427 g/mol. The molecule has 0 fully saturated rings. The number of hydrogen-bond donors (Lipinski definition) is 0. The zero-order valence-corrected chi connectivity index (χ0v) is 21.4. The molecule has 2 aliphatic rings. The Morgan fingerprint density at radius 3 is 1.41 bits per heavy atom. The number of allylic oxidation sites excluding steroid dienone is 8. The van der Waals surface area contributed by atoms with Crippen LogP contribution in [0.5, 0.6) is 0 Å². The zero-order chi connectivity index (χ0) is 16.7. The third-order valence-corrected chi connectivity index (χ3v) is 28.1. The molecule has 0 radical (unpaired) electrons. The molecule has 0 aromatic carbocycles. The first-order chi connectivity index (χ1) is 10.00. The first kappa shape index (κ1) is 18.8. The third kappa shape index (κ3) is 4.31. The van der Waals surface area contributed by atoms with Crippen LogP contribution < -0.4 is 0 Å². The van der Waals surface area contributed by atoms with Crippen molar-refractivity contribution in [2.45, 2.75) is 65.2 Å². The van der Waals surface area contributed by atoms with Crippen LogP contribution in [0, 0.1) is 0 Å². The maximum Gasteiger partial charge on any atom is -1.00 e. The van der Waals surface area contributed by atoms with Gasteiger partial charge in [-0.05, 0) is 0 Å². The normalized spacial score (nSPS) is 19.1. The van der Waals surface area contributed by atoms with Crippen molar-refractivity contribution in [3.8, 4) is 0 Å². The van der Waals surface area contributed by atoms with Gasteiger partial charge in [-0.3, -0.25) is 0 Å². The standard InChI is InChI=1S/2C8H13Si.C2H7Si.Zr.2H/c2*1-9(2,3)8-6-4-5-7-8;1-3-2;;;/h2*6-7H,4H2,1-3H3;3H,1-2H3;;;/q;;;+2;2*-1. The first-order valence-electron chi connectivity index (χ1n) is 8.70. The van der Waals surface area contributed by atoms with E-state index in [1.54, 1.807) is 10.4 Å². The van der Waals surface area contributed by atoms with Gasteiger partial charge in [0.1, 0.15) is 0 Å². The van der Waals surface area contributed by atoms with Gasteiger partial charge in [0.05, 0.1) is 0 Å². The summed E-state index contributed by atoms with van der Waals surface area (Å²) in [6.07, 6.45) is 13.1. The van der Waals surface area contributed by atoms with Gasteiger partial charge in [0.25, 0.3) is 0 Å². The summed E-state index contributed by atoms with van der Waals surface area (Å²) in [6.45, 7) is 20.2. The van der Waals surface area contributed by atoms with Gasteiger partial charge in [-0.25, -0.2) is 0 Å². The Morgan fingerprint density at radius 2 is 1.18 bits per heavy atom. The molecule has 0 bridgehead atoms. The Hall–Kier alpha value is 0.494. The molecule has 4 heteroatoms. The fourth-order valence-electron chi connectivity index (χ4n) is 3.42. The minimum absolute atomic E-state index is 0. The van der Waals surface area contributed by atoms with Crippen LogP contribution in [0.4, 0.5) is 0 Å². The molecule has 0 heterocycles. The summed E-state index contributed by atoms with van der Waals surface area (Å²) in [6, 6.07) is 0. The SMILES string of the molecule is C[SiH](C)[Zr+2]([C]1=CC([Si](C)(C)C)=CC1)[C]1=CC([Si](C)(C)C)=CC1.[H-].[H-]. The molecular weight excluding hydrogens is 392 g/mol. The topological polar surface area (TPSA) is 0 Å². The fourth-order valence-corrected chi connectivity index (χ4v) is 25.7.